The second kappa shape index (κ2) is 6.48. The second-order valence-corrected chi connectivity index (χ2v) is 6.44. The number of piperidine rings is 1. The van der Waals surface area contributed by atoms with Crippen LogP contribution in [0.5, 0.6) is 0 Å². The van der Waals surface area contributed by atoms with E-state index in [1.165, 1.54) is 0 Å². The highest BCUT2D eigenvalue weighted by Gasteiger charge is 2.25. The molecule has 0 aliphatic carbocycles. The van der Waals surface area contributed by atoms with Crippen LogP contribution in [0.1, 0.15) is 38.4 Å². The van der Waals surface area contributed by atoms with Gasteiger partial charge in [0.1, 0.15) is 5.82 Å². The topological polar surface area (TPSA) is 61.0 Å². The van der Waals surface area contributed by atoms with Gasteiger partial charge in [0, 0.05) is 18.5 Å². The highest BCUT2D eigenvalue weighted by atomic mass is 16.2. The third kappa shape index (κ3) is 3.47. The molecule has 1 amide bonds. The highest BCUT2D eigenvalue weighted by Crippen LogP contribution is 2.26. The van der Waals surface area contributed by atoms with E-state index in [1.54, 1.807) is 0 Å². The Morgan fingerprint density at radius 2 is 2.27 bits per heavy atom. The van der Waals surface area contributed by atoms with Gasteiger partial charge in [-0.2, -0.15) is 0 Å². The maximum atomic E-state index is 11.9. The maximum absolute atomic E-state index is 11.9. The minimum absolute atomic E-state index is 0.111. The van der Waals surface area contributed by atoms with Gasteiger partial charge in [-0.05, 0) is 45.4 Å². The van der Waals surface area contributed by atoms with Gasteiger partial charge in [-0.1, -0.05) is 12.1 Å². The Hall–Kier alpha value is -1.88. The molecule has 2 N–H and O–H groups in total. The van der Waals surface area contributed by atoms with Crippen molar-refractivity contribution in [1.82, 2.24) is 20.2 Å². The molecule has 0 radical (unpaired) electrons. The Kier molecular flexibility index (Phi) is 4.43. The number of para-hydroxylation sites is 2. The van der Waals surface area contributed by atoms with Gasteiger partial charge in [-0.25, -0.2) is 4.98 Å². The van der Waals surface area contributed by atoms with Gasteiger partial charge in [0.25, 0.3) is 0 Å². The maximum Gasteiger partial charge on any atom is 0.234 e. The number of aromatic nitrogens is 2. The van der Waals surface area contributed by atoms with E-state index in [4.69, 9.17) is 4.98 Å². The van der Waals surface area contributed by atoms with Crippen LogP contribution in [-0.4, -0.2) is 46.5 Å². The summed E-state index contributed by atoms with van der Waals surface area (Å²) in [5.41, 5.74) is 2.11. The van der Waals surface area contributed by atoms with Crippen molar-refractivity contribution in [2.75, 3.05) is 19.6 Å². The Morgan fingerprint density at radius 1 is 1.45 bits per heavy atom. The van der Waals surface area contributed by atoms with Crippen molar-refractivity contribution < 1.29 is 4.79 Å². The summed E-state index contributed by atoms with van der Waals surface area (Å²) in [4.78, 5) is 22.3. The summed E-state index contributed by atoms with van der Waals surface area (Å²) in [6, 6.07) is 8.32. The molecule has 1 aliphatic heterocycles. The Bertz CT molecular complexity index is 616. The molecule has 2 heterocycles. The molecule has 5 nitrogen and oxygen atoms in total. The summed E-state index contributed by atoms with van der Waals surface area (Å²) in [6.07, 6.45) is 2.23. The van der Waals surface area contributed by atoms with Crippen molar-refractivity contribution in [2.45, 2.75) is 38.6 Å². The Labute approximate surface area is 131 Å². The third-order valence-electron chi connectivity index (χ3n) is 4.12. The lowest BCUT2D eigenvalue weighted by molar-refractivity contribution is -0.123. The van der Waals surface area contributed by atoms with Gasteiger partial charge in [-0.15, -0.1) is 0 Å². The first-order valence-electron chi connectivity index (χ1n) is 8.08. The first-order valence-corrected chi connectivity index (χ1v) is 8.08. The number of aromatic amines is 1. The largest absolute Gasteiger partial charge is 0.353 e. The Morgan fingerprint density at radius 3 is 3.05 bits per heavy atom. The molecule has 1 fully saturated rings. The van der Waals surface area contributed by atoms with E-state index < -0.39 is 0 Å². The quantitative estimate of drug-likeness (QED) is 0.910. The van der Waals surface area contributed by atoms with Crippen molar-refractivity contribution in [3.8, 4) is 0 Å². The predicted molar refractivity (Wildman–Crippen MR) is 87.8 cm³/mol. The van der Waals surface area contributed by atoms with Crippen molar-refractivity contribution in [3.05, 3.63) is 30.1 Å². The fourth-order valence-corrected chi connectivity index (χ4v) is 3.16. The van der Waals surface area contributed by atoms with Crippen molar-refractivity contribution >= 4 is 16.9 Å². The zero-order valence-electron chi connectivity index (χ0n) is 13.3. The number of benzene rings is 1. The average molecular weight is 300 g/mol. The molecule has 1 aliphatic rings. The summed E-state index contributed by atoms with van der Waals surface area (Å²) < 4.78 is 0. The lowest BCUT2D eigenvalue weighted by atomic mass is 9.97. The third-order valence-corrected chi connectivity index (χ3v) is 4.12. The minimum Gasteiger partial charge on any atom is -0.353 e. The lowest BCUT2D eigenvalue weighted by Crippen LogP contribution is -2.43. The van der Waals surface area contributed by atoms with Crippen LogP contribution in [-0.2, 0) is 4.79 Å². The molecule has 5 heteroatoms. The minimum atomic E-state index is 0.111. The fraction of sp³-hybridized carbons (Fsp3) is 0.529. The molecule has 1 aromatic heterocycles. The number of fused-ring (bicyclic) bond motifs is 1. The number of imidazole rings is 1. The summed E-state index contributed by atoms with van der Waals surface area (Å²) in [5, 5.41) is 2.96. The highest BCUT2D eigenvalue weighted by molar-refractivity contribution is 5.78. The molecule has 0 bridgehead atoms. The van der Waals surface area contributed by atoms with Gasteiger partial charge in [-0.3, -0.25) is 9.69 Å². The normalized spacial score (nSPS) is 19.7. The van der Waals surface area contributed by atoms with E-state index in [1.807, 2.05) is 32.0 Å². The number of H-pyrrole nitrogens is 1. The van der Waals surface area contributed by atoms with E-state index in [0.29, 0.717) is 12.5 Å². The number of nitrogens with zero attached hydrogens (tertiary/aromatic N) is 2. The predicted octanol–water partition coefficient (Wildman–Crippen LogP) is 2.27. The van der Waals surface area contributed by atoms with Gasteiger partial charge >= 0.3 is 0 Å². The van der Waals surface area contributed by atoms with E-state index in [2.05, 4.69) is 21.3 Å². The molecule has 1 saturated heterocycles. The fourth-order valence-electron chi connectivity index (χ4n) is 3.16. The second-order valence-electron chi connectivity index (χ2n) is 6.44. The standard InChI is InChI=1S/C17H24N4O/c1-12(2)18-16(22)11-21-9-5-6-13(10-21)17-19-14-7-3-4-8-15(14)20-17/h3-4,7-8,12-13H,5-6,9-11H2,1-2H3,(H,18,22)(H,19,20)/t13-/m0/s1. The van der Waals surface area contributed by atoms with Gasteiger partial charge in [0.05, 0.1) is 17.6 Å². The number of hydrogen-bond acceptors (Lipinski definition) is 3. The molecule has 0 saturated carbocycles. The molecule has 22 heavy (non-hydrogen) atoms. The number of hydrogen-bond donors (Lipinski definition) is 2. The lowest BCUT2D eigenvalue weighted by Gasteiger charge is -2.31. The first-order chi connectivity index (χ1) is 10.6. The van der Waals surface area contributed by atoms with Crippen LogP contribution in [0.25, 0.3) is 11.0 Å². The van der Waals surface area contributed by atoms with Crippen LogP contribution in [0.3, 0.4) is 0 Å². The number of amides is 1. The molecule has 0 unspecified atom stereocenters. The molecular formula is C17H24N4O. The van der Waals surface area contributed by atoms with E-state index >= 15 is 0 Å². The zero-order valence-corrected chi connectivity index (χ0v) is 13.3. The summed E-state index contributed by atoms with van der Waals surface area (Å²) in [7, 11) is 0. The molecule has 118 valence electrons. The molecule has 2 aromatic rings. The molecule has 1 atom stereocenters. The van der Waals surface area contributed by atoms with E-state index in [9.17, 15) is 4.79 Å². The first kappa shape index (κ1) is 15.0. The SMILES string of the molecule is CC(C)NC(=O)CN1CCC[C@H](c2nc3ccccc3[nH]2)C1. The number of carbonyl (C=O) groups is 1. The molecule has 3 rings (SSSR count). The number of nitrogens with one attached hydrogen (secondary N) is 2. The van der Waals surface area contributed by atoms with E-state index in [-0.39, 0.29) is 11.9 Å². The van der Waals surface area contributed by atoms with Crippen LogP contribution in [0.15, 0.2) is 24.3 Å². The van der Waals surface area contributed by atoms with Crippen LogP contribution < -0.4 is 5.32 Å². The average Bonchev–Trinajstić information content (AvgIpc) is 2.90. The summed E-state index contributed by atoms with van der Waals surface area (Å²) in [6.45, 7) is 6.35. The van der Waals surface area contributed by atoms with Crippen molar-refractivity contribution in [3.63, 3.8) is 0 Å². The van der Waals surface area contributed by atoms with Gasteiger partial charge < -0.3 is 10.3 Å². The number of rotatable bonds is 4. The monoisotopic (exact) mass is 300 g/mol. The number of likely N-dealkylation sites (tertiary alicyclic amines) is 1. The smallest absolute Gasteiger partial charge is 0.234 e. The summed E-state index contributed by atoms with van der Waals surface area (Å²) in [5.74, 6) is 1.54. The van der Waals surface area contributed by atoms with Crippen LogP contribution in [0, 0.1) is 0 Å². The summed E-state index contributed by atoms with van der Waals surface area (Å²) >= 11 is 0. The number of carbonyl (C=O) groups excluding carboxylic acids is 1. The Balaban J connectivity index is 1.66. The molecule has 0 spiro atoms. The van der Waals surface area contributed by atoms with Gasteiger partial charge in [0.15, 0.2) is 0 Å². The molecular weight excluding hydrogens is 276 g/mol. The molecule has 1 aromatic carbocycles. The van der Waals surface area contributed by atoms with Gasteiger partial charge in [0.2, 0.25) is 5.91 Å². The van der Waals surface area contributed by atoms with Crippen LogP contribution in [0.4, 0.5) is 0 Å². The van der Waals surface area contributed by atoms with Crippen molar-refractivity contribution in [2.24, 2.45) is 0 Å². The van der Waals surface area contributed by atoms with Crippen LogP contribution >= 0.6 is 0 Å². The van der Waals surface area contributed by atoms with E-state index in [0.717, 1.165) is 42.8 Å². The zero-order chi connectivity index (χ0) is 15.5. The van der Waals surface area contributed by atoms with Crippen LogP contribution in [0.2, 0.25) is 0 Å². The van der Waals surface area contributed by atoms with Crippen molar-refractivity contribution in [1.29, 1.82) is 0 Å².